The summed E-state index contributed by atoms with van der Waals surface area (Å²) in [7, 11) is 0. The van der Waals surface area contributed by atoms with E-state index in [4.69, 9.17) is 9.47 Å². The van der Waals surface area contributed by atoms with Crippen molar-refractivity contribution in [2.24, 2.45) is 0 Å². The van der Waals surface area contributed by atoms with E-state index in [1.807, 2.05) is 54.6 Å². The largest absolute Gasteiger partial charge is 0.482 e. The molecule has 1 heterocycles. The van der Waals surface area contributed by atoms with Crippen molar-refractivity contribution >= 4 is 21.5 Å². The molecule has 4 rings (SSSR count). The van der Waals surface area contributed by atoms with Gasteiger partial charge in [-0.15, -0.1) is 0 Å². The summed E-state index contributed by atoms with van der Waals surface area (Å²) in [5, 5.41) is 43.6. The summed E-state index contributed by atoms with van der Waals surface area (Å²) in [5.41, 5.74) is 0. The zero-order valence-corrected chi connectivity index (χ0v) is 13.9. The molecule has 0 amide bonds. The minimum Gasteiger partial charge on any atom is -0.482 e. The van der Waals surface area contributed by atoms with Gasteiger partial charge in [0.05, 0.1) is 6.61 Å². The van der Waals surface area contributed by atoms with E-state index in [-0.39, 0.29) is 0 Å². The maximum atomic E-state index is 10.3. The molecular formula is C20H20O6. The zero-order valence-electron chi connectivity index (χ0n) is 13.9. The molecule has 1 fully saturated rings. The lowest BCUT2D eigenvalue weighted by Gasteiger charge is -2.40. The highest BCUT2D eigenvalue weighted by Gasteiger charge is 2.45. The molecule has 26 heavy (non-hydrogen) atoms. The molecule has 1 aliphatic heterocycles. The molecule has 6 nitrogen and oxygen atoms in total. The topological polar surface area (TPSA) is 99.4 Å². The summed E-state index contributed by atoms with van der Waals surface area (Å²) in [6.45, 7) is -0.513. The highest BCUT2D eigenvalue weighted by molar-refractivity contribution is 6.10. The van der Waals surface area contributed by atoms with E-state index in [2.05, 4.69) is 0 Å². The van der Waals surface area contributed by atoms with Crippen LogP contribution in [0.3, 0.4) is 0 Å². The molecule has 0 saturated carbocycles. The Hall–Kier alpha value is -2.22. The lowest BCUT2D eigenvalue weighted by molar-refractivity contribution is -0.280. The summed E-state index contributed by atoms with van der Waals surface area (Å²) < 4.78 is 11.1. The normalized spacial score (nSPS) is 29.2. The second-order valence-corrected chi connectivity index (χ2v) is 6.45. The first kappa shape index (κ1) is 17.2. The maximum absolute atomic E-state index is 10.3. The standard InChI is InChI=1S/C20H20O6/c21-10-16-17(22)18(23)19(20(24)26-16)25-15-9-11-5-1-2-6-12(11)13-7-3-4-8-14(13)15/h1-9,16-24H,10H2/t16-,17-,18+,19-,20-/m1/s1. The van der Waals surface area contributed by atoms with E-state index < -0.39 is 37.3 Å². The lowest BCUT2D eigenvalue weighted by Crippen LogP contribution is -2.60. The summed E-state index contributed by atoms with van der Waals surface area (Å²) in [6.07, 6.45) is -6.48. The molecule has 136 valence electrons. The van der Waals surface area contributed by atoms with Crippen LogP contribution in [0.5, 0.6) is 5.75 Å². The fourth-order valence-corrected chi connectivity index (χ4v) is 3.46. The van der Waals surface area contributed by atoms with Crippen LogP contribution in [0.15, 0.2) is 54.6 Å². The van der Waals surface area contributed by atoms with Crippen LogP contribution in [-0.2, 0) is 4.74 Å². The monoisotopic (exact) mass is 356 g/mol. The Kier molecular flexibility index (Phi) is 4.52. The van der Waals surface area contributed by atoms with Crippen molar-refractivity contribution in [3.63, 3.8) is 0 Å². The van der Waals surface area contributed by atoms with Gasteiger partial charge in [-0.25, -0.2) is 0 Å². The van der Waals surface area contributed by atoms with Gasteiger partial charge in [-0.3, -0.25) is 0 Å². The van der Waals surface area contributed by atoms with E-state index >= 15 is 0 Å². The van der Waals surface area contributed by atoms with Crippen molar-refractivity contribution in [3.8, 4) is 5.75 Å². The molecule has 0 unspecified atom stereocenters. The Balaban J connectivity index is 1.77. The van der Waals surface area contributed by atoms with Crippen LogP contribution in [0.25, 0.3) is 21.5 Å². The predicted octanol–water partition coefficient (Wildman–Crippen LogP) is 1.17. The number of ether oxygens (including phenoxy) is 2. The maximum Gasteiger partial charge on any atom is 0.195 e. The molecule has 0 aromatic heterocycles. The molecule has 0 aliphatic carbocycles. The molecule has 3 aromatic rings. The lowest BCUT2D eigenvalue weighted by atomic mass is 9.98. The zero-order chi connectivity index (χ0) is 18.3. The summed E-state index contributed by atoms with van der Waals surface area (Å²) in [6, 6.07) is 17.4. The van der Waals surface area contributed by atoms with Gasteiger partial charge in [0, 0.05) is 5.39 Å². The van der Waals surface area contributed by atoms with Gasteiger partial charge < -0.3 is 29.9 Å². The molecule has 1 saturated heterocycles. The first-order valence-corrected chi connectivity index (χ1v) is 8.48. The summed E-state index contributed by atoms with van der Waals surface area (Å²) >= 11 is 0. The van der Waals surface area contributed by atoms with Gasteiger partial charge >= 0.3 is 0 Å². The number of hydrogen-bond acceptors (Lipinski definition) is 6. The molecule has 6 heteroatoms. The van der Waals surface area contributed by atoms with Crippen LogP contribution in [-0.4, -0.2) is 57.7 Å². The van der Waals surface area contributed by atoms with Crippen LogP contribution in [0.1, 0.15) is 0 Å². The van der Waals surface area contributed by atoms with Crippen molar-refractivity contribution in [2.45, 2.75) is 30.7 Å². The summed E-state index contributed by atoms with van der Waals surface area (Å²) in [5.74, 6) is 0.473. The van der Waals surface area contributed by atoms with Gasteiger partial charge in [0.25, 0.3) is 0 Å². The molecular weight excluding hydrogens is 336 g/mol. The minimum atomic E-state index is -1.48. The second kappa shape index (κ2) is 6.83. The Labute approximate surface area is 149 Å². The third-order valence-electron chi connectivity index (χ3n) is 4.84. The van der Waals surface area contributed by atoms with E-state index in [0.29, 0.717) is 5.75 Å². The minimum absolute atomic E-state index is 0.473. The predicted molar refractivity (Wildman–Crippen MR) is 95.8 cm³/mol. The van der Waals surface area contributed by atoms with Gasteiger partial charge in [0.15, 0.2) is 12.4 Å². The average Bonchev–Trinajstić information content (AvgIpc) is 2.68. The molecule has 5 atom stereocenters. The summed E-state index contributed by atoms with van der Waals surface area (Å²) in [4.78, 5) is 0. The Bertz CT molecular complexity index is 926. The molecule has 0 spiro atoms. The quantitative estimate of drug-likeness (QED) is 0.526. The fourth-order valence-electron chi connectivity index (χ4n) is 3.46. The molecule has 0 radical (unpaired) electrons. The fraction of sp³-hybridized carbons (Fsp3) is 0.300. The molecule has 4 N–H and O–H groups in total. The van der Waals surface area contributed by atoms with Crippen LogP contribution in [0.4, 0.5) is 0 Å². The van der Waals surface area contributed by atoms with Crippen molar-refractivity contribution in [3.05, 3.63) is 54.6 Å². The third-order valence-corrected chi connectivity index (χ3v) is 4.84. The highest BCUT2D eigenvalue weighted by Crippen LogP contribution is 2.35. The molecule has 0 bridgehead atoms. The first-order valence-electron chi connectivity index (χ1n) is 8.48. The number of rotatable bonds is 3. The van der Waals surface area contributed by atoms with Gasteiger partial charge in [-0.2, -0.15) is 0 Å². The van der Waals surface area contributed by atoms with Crippen molar-refractivity contribution < 1.29 is 29.9 Å². The van der Waals surface area contributed by atoms with Crippen molar-refractivity contribution in [1.82, 2.24) is 0 Å². The Morgan fingerprint density at radius 1 is 0.846 bits per heavy atom. The number of aliphatic hydroxyl groups excluding tert-OH is 4. The van der Waals surface area contributed by atoms with Gasteiger partial charge in [-0.1, -0.05) is 48.5 Å². The highest BCUT2D eigenvalue weighted by atomic mass is 16.7. The average molecular weight is 356 g/mol. The Morgan fingerprint density at radius 2 is 1.50 bits per heavy atom. The van der Waals surface area contributed by atoms with Crippen LogP contribution in [0.2, 0.25) is 0 Å². The van der Waals surface area contributed by atoms with Gasteiger partial charge in [0.2, 0.25) is 0 Å². The third kappa shape index (κ3) is 2.82. The van der Waals surface area contributed by atoms with Crippen LogP contribution < -0.4 is 4.74 Å². The van der Waals surface area contributed by atoms with Crippen LogP contribution in [0, 0.1) is 0 Å². The SMILES string of the molecule is OC[C@H]1O[C@@H](O)[C@H](Oc2cc3ccccc3c3ccccc23)[C@@H](O)[C@@H]1O. The van der Waals surface area contributed by atoms with E-state index in [1.165, 1.54) is 0 Å². The van der Waals surface area contributed by atoms with E-state index in [9.17, 15) is 20.4 Å². The second-order valence-electron chi connectivity index (χ2n) is 6.45. The number of benzene rings is 3. The van der Waals surface area contributed by atoms with Crippen LogP contribution >= 0.6 is 0 Å². The van der Waals surface area contributed by atoms with Gasteiger partial charge in [0.1, 0.15) is 24.1 Å². The molecule has 1 aliphatic rings. The number of aliphatic hydroxyl groups is 4. The molecule has 3 aromatic carbocycles. The smallest absolute Gasteiger partial charge is 0.195 e. The van der Waals surface area contributed by atoms with E-state index in [1.54, 1.807) is 0 Å². The number of hydrogen-bond donors (Lipinski definition) is 4. The van der Waals surface area contributed by atoms with Crippen molar-refractivity contribution in [1.29, 1.82) is 0 Å². The van der Waals surface area contributed by atoms with Gasteiger partial charge in [-0.05, 0) is 22.2 Å². The number of fused-ring (bicyclic) bond motifs is 3. The Morgan fingerprint density at radius 3 is 2.23 bits per heavy atom. The first-order chi connectivity index (χ1) is 12.6. The van der Waals surface area contributed by atoms with Crippen molar-refractivity contribution in [2.75, 3.05) is 6.61 Å². The van der Waals surface area contributed by atoms with E-state index in [0.717, 1.165) is 21.5 Å².